The van der Waals surface area contributed by atoms with Crippen LogP contribution in [0.3, 0.4) is 0 Å². The molecule has 0 bridgehead atoms. The maximum atomic E-state index is 12.9. The van der Waals surface area contributed by atoms with Crippen LogP contribution in [0.25, 0.3) is 11.0 Å². The van der Waals surface area contributed by atoms with E-state index in [2.05, 4.69) is 5.10 Å². The molecule has 0 radical (unpaired) electrons. The molecule has 1 aromatic carbocycles. The van der Waals surface area contributed by atoms with E-state index in [-0.39, 0.29) is 12.0 Å². The van der Waals surface area contributed by atoms with Crippen molar-refractivity contribution < 1.29 is 13.9 Å². The Hall–Kier alpha value is -2.31. The fourth-order valence-corrected chi connectivity index (χ4v) is 3.18. The van der Waals surface area contributed by atoms with Gasteiger partial charge in [-0.15, -0.1) is 0 Å². The zero-order valence-corrected chi connectivity index (χ0v) is 13.9. The fourth-order valence-electron chi connectivity index (χ4n) is 2.99. The second kappa shape index (κ2) is 5.96. The van der Waals surface area contributed by atoms with Crippen LogP contribution >= 0.6 is 11.6 Å². The van der Waals surface area contributed by atoms with E-state index in [4.69, 9.17) is 20.8 Å². The van der Waals surface area contributed by atoms with E-state index in [1.165, 1.54) is 0 Å². The van der Waals surface area contributed by atoms with Crippen LogP contribution in [0.15, 0.2) is 40.9 Å². The summed E-state index contributed by atoms with van der Waals surface area (Å²) in [4.78, 5) is 14.6. The molecule has 1 atom stereocenters. The van der Waals surface area contributed by atoms with Gasteiger partial charge >= 0.3 is 0 Å². The van der Waals surface area contributed by atoms with Crippen molar-refractivity contribution in [1.82, 2.24) is 14.7 Å². The smallest absolute Gasteiger partial charge is 0.290 e. The third-order valence-electron chi connectivity index (χ3n) is 4.27. The van der Waals surface area contributed by atoms with Gasteiger partial charge in [-0.3, -0.25) is 9.48 Å². The van der Waals surface area contributed by atoms with Gasteiger partial charge in [0.25, 0.3) is 5.91 Å². The lowest BCUT2D eigenvalue weighted by molar-refractivity contribution is 0.0432. The van der Waals surface area contributed by atoms with Crippen molar-refractivity contribution >= 4 is 28.5 Å². The second-order valence-corrected chi connectivity index (χ2v) is 6.28. The van der Waals surface area contributed by atoms with Gasteiger partial charge in [0, 0.05) is 30.3 Å². The minimum Gasteiger partial charge on any atom is -0.451 e. The quantitative estimate of drug-likeness (QED) is 0.716. The summed E-state index contributed by atoms with van der Waals surface area (Å²) in [5, 5.41) is 5.71. The number of fused-ring (bicyclic) bond motifs is 2. The van der Waals surface area contributed by atoms with Crippen molar-refractivity contribution in [2.75, 3.05) is 13.7 Å². The van der Waals surface area contributed by atoms with E-state index in [9.17, 15) is 4.79 Å². The molecule has 0 N–H and O–H groups in total. The summed E-state index contributed by atoms with van der Waals surface area (Å²) in [6.07, 6.45) is 1.62. The van der Waals surface area contributed by atoms with Gasteiger partial charge in [-0.05, 0) is 30.3 Å². The first kappa shape index (κ1) is 15.2. The number of benzene rings is 1. The molecule has 3 heterocycles. The first-order chi connectivity index (χ1) is 11.6. The van der Waals surface area contributed by atoms with E-state index < -0.39 is 0 Å². The number of rotatable bonds is 2. The molecule has 0 saturated carbocycles. The van der Waals surface area contributed by atoms with Gasteiger partial charge in [-0.2, -0.15) is 5.10 Å². The van der Waals surface area contributed by atoms with Crippen LogP contribution in [0.2, 0.25) is 5.02 Å². The predicted octanol–water partition coefficient (Wildman–Crippen LogP) is 2.95. The normalized spacial score (nSPS) is 17.8. The molecule has 7 heteroatoms. The number of aromatic nitrogens is 2. The molecule has 2 aromatic heterocycles. The average molecular weight is 346 g/mol. The number of ether oxygens (including phenoxy) is 1. The summed E-state index contributed by atoms with van der Waals surface area (Å²) in [6.45, 7) is 1.57. The highest BCUT2D eigenvalue weighted by Gasteiger charge is 2.28. The minimum absolute atomic E-state index is 0.117. The molecule has 0 spiro atoms. The predicted molar refractivity (Wildman–Crippen MR) is 89.0 cm³/mol. The lowest BCUT2D eigenvalue weighted by Gasteiger charge is -2.22. The number of carbonyl (C=O) groups excluding carboxylic acids is 1. The Morgan fingerprint density at radius 1 is 1.33 bits per heavy atom. The Balaban J connectivity index is 1.66. The molecule has 6 nitrogen and oxygen atoms in total. The van der Waals surface area contributed by atoms with Gasteiger partial charge in [0.05, 0.1) is 24.9 Å². The first-order valence-electron chi connectivity index (χ1n) is 7.66. The van der Waals surface area contributed by atoms with Crippen LogP contribution in [0, 0.1) is 0 Å². The Morgan fingerprint density at radius 3 is 3.04 bits per heavy atom. The number of methoxy groups -OCH3 is 1. The van der Waals surface area contributed by atoms with Crippen LogP contribution in [0.1, 0.15) is 16.2 Å². The number of hydrogen-bond donors (Lipinski definition) is 0. The topological polar surface area (TPSA) is 60.5 Å². The number of carbonyl (C=O) groups is 1. The third kappa shape index (κ3) is 2.68. The molecule has 3 aromatic rings. The second-order valence-electron chi connectivity index (χ2n) is 5.84. The number of halogens is 1. The Labute approximate surface area is 143 Å². The Kier molecular flexibility index (Phi) is 3.78. The fraction of sp³-hybridized carbons (Fsp3) is 0.294. The molecular weight excluding hydrogens is 330 g/mol. The highest BCUT2D eigenvalue weighted by atomic mass is 35.5. The van der Waals surface area contributed by atoms with Crippen LogP contribution in [-0.2, 0) is 17.8 Å². The van der Waals surface area contributed by atoms with E-state index >= 15 is 0 Å². The molecule has 124 valence electrons. The highest BCUT2D eigenvalue weighted by molar-refractivity contribution is 6.31. The van der Waals surface area contributed by atoms with Gasteiger partial charge in [0.1, 0.15) is 5.58 Å². The largest absolute Gasteiger partial charge is 0.451 e. The maximum Gasteiger partial charge on any atom is 0.290 e. The van der Waals surface area contributed by atoms with Crippen LogP contribution in [-0.4, -0.2) is 40.3 Å². The number of nitrogens with zero attached hydrogens (tertiary/aromatic N) is 3. The van der Waals surface area contributed by atoms with E-state index in [0.29, 0.717) is 36.0 Å². The molecule has 24 heavy (non-hydrogen) atoms. The van der Waals surface area contributed by atoms with Gasteiger partial charge in [0.15, 0.2) is 5.76 Å². The number of furan rings is 1. The molecule has 4 rings (SSSR count). The van der Waals surface area contributed by atoms with Crippen LogP contribution in [0.5, 0.6) is 0 Å². The summed E-state index contributed by atoms with van der Waals surface area (Å²) >= 11 is 6.00. The summed E-state index contributed by atoms with van der Waals surface area (Å²) in [6, 6.07) is 8.94. The summed E-state index contributed by atoms with van der Waals surface area (Å²) in [7, 11) is 1.64. The first-order valence-corrected chi connectivity index (χ1v) is 8.03. The van der Waals surface area contributed by atoms with Gasteiger partial charge < -0.3 is 14.1 Å². The van der Waals surface area contributed by atoms with Crippen molar-refractivity contribution in [2.24, 2.45) is 0 Å². The number of hydrogen-bond acceptors (Lipinski definition) is 4. The van der Waals surface area contributed by atoms with Crippen molar-refractivity contribution in [2.45, 2.75) is 19.2 Å². The summed E-state index contributed by atoms with van der Waals surface area (Å²) in [5.41, 5.74) is 1.62. The molecule has 0 fully saturated rings. The summed E-state index contributed by atoms with van der Waals surface area (Å²) < 4.78 is 13.1. The molecule has 1 aliphatic rings. The van der Waals surface area contributed by atoms with E-state index in [0.717, 1.165) is 11.1 Å². The maximum absolute atomic E-state index is 12.9. The van der Waals surface area contributed by atoms with Crippen LogP contribution in [0.4, 0.5) is 0 Å². The Bertz CT molecular complexity index is 902. The highest BCUT2D eigenvalue weighted by Crippen LogP contribution is 2.25. The average Bonchev–Trinajstić information content (AvgIpc) is 3.15. The third-order valence-corrected chi connectivity index (χ3v) is 4.50. The zero-order chi connectivity index (χ0) is 16.7. The lowest BCUT2D eigenvalue weighted by Crippen LogP contribution is -2.36. The van der Waals surface area contributed by atoms with Gasteiger partial charge in [-0.1, -0.05) is 11.6 Å². The lowest BCUT2D eigenvalue weighted by atomic mass is 10.2. The molecule has 0 aliphatic carbocycles. The molecule has 0 unspecified atom stereocenters. The van der Waals surface area contributed by atoms with Crippen LogP contribution < -0.4 is 0 Å². The zero-order valence-electron chi connectivity index (χ0n) is 13.1. The monoisotopic (exact) mass is 345 g/mol. The van der Waals surface area contributed by atoms with Gasteiger partial charge in [-0.25, -0.2) is 0 Å². The standard InChI is InChI=1S/C17H16ClN3O3/c1-23-14-9-20(8-13-4-5-19-21(13)10-14)17(22)16-7-11-6-12(18)2-3-15(11)24-16/h2-7,14H,8-10H2,1H3/t14-/m0/s1. The molecular formula is C17H16ClN3O3. The van der Waals surface area contributed by atoms with Crippen molar-refractivity contribution in [1.29, 1.82) is 0 Å². The SMILES string of the molecule is CO[C@H]1CN(C(=O)c2cc3cc(Cl)ccc3o2)Cc2ccnn2C1. The van der Waals surface area contributed by atoms with Crippen molar-refractivity contribution in [3.63, 3.8) is 0 Å². The van der Waals surface area contributed by atoms with E-state index in [1.54, 1.807) is 42.5 Å². The molecule has 1 aliphatic heterocycles. The number of amides is 1. The summed E-state index contributed by atoms with van der Waals surface area (Å²) in [5.74, 6) is 0.133. The Morgan fingerprint density at radius 2 is 2.21 bits per heavy atom. The van der Waals surface area contributed by atoms with E-state index in [1.807, 2.05) is 10.7 Å². The van der Waals surface area contributed by atoms with Crippen molar-refractivity contribution in [3.05, 3.63) is 53.0 Å². The molecule has 1 amide bonds. The van der Waals surface area contributed by atoms with Crippen molar-refractivity contribution in [3.8, 4) is 0 Å². The van der Waals surface area contributed by atoms with Gasteiger partial charge in [0.2, 0.25) is 0 Å². The molecule has 0 saturated heterocycles. The minimum atomic E-state index is -0.168.